The van der Waals surface area contributed by atoms with E-state index in [-0.39, 0.29) is 36.4 Å². The first-order valence-corrected chi connectivity index (χ1v) is 9.90. The Kier molecular flexibility index (Phi) is 9.83. The topological polar surface area (TPSA) is 165 Å². The highest BCUT2D eigenvalue weighted by atomic mass is 16.5. The molecule has 1 amide bonds. The van der Waals surface area contributed by atoms with E-state index in [0.717, 1.165) is 5.56 Å². The molecule has 170 valence electrons. The van der Waals surface area contributed by atoms with Crippen molar-refractivity contribution in [2.45, 2.75) is 25.3 Å². The van der Waals surface area contributed by atoms with Gasteiger partial charge in [0.05, 0.1) is 5.94 Å². The third kappa shape index (κ3) is 7.17. The molecule has 1 atom stereocenters. The van der Waals surface area contributed by atoms with E-state index in [4.69, 9.17) is 9.84 Å². The number of hydrogen-bond donors (Lipinski definition) is 6. The van der Waals surface area contributed by atoms with E-state index in [9.17, 15) is 29.5 Å². The standard InChI is InChI=1S/C21H25BN2O8/c25-9-3-8-23-12-14-4-1-6-16(10-14)20(27)24-18(22(30)31)11-15-5-2-7-17(21(28)29)19(15)32-13-26/h1-2,4-7,10,13,18,23,25,30-31H,3,8-9,11-12H2,(H,24,27)(H,28,29)/t18-/m0/s1. The average Bonchev–Trinajstić information content (AvgIpc) is 2.77. The normalized spacial score (nSPS) is 11.5. The van der Waals surface area contributed by atoms with Gasteiger partial charge in [-0.3, -0.25) is 9.59 Å². The second-order valence-corrected chi connectivity index (χ2v) is 6.97. The van der Waals surface area contributed by atoms with E-state index in [2.05, 4.69) is 10.6 Å². The van der Waals surface area contributed by atoms with Crippen LogP contribution in [0.3, 0.4) is 0 Å². The first-order chi connectivity index (χ1) is 15.4. The van der Waals surface area contributed by atoms with E-state index in [0.29, 0.717) is 25.1 Å². The molecule has 0 aliphatic carbocycles. The van der Waals surface area contributed by atoms with Gasteiger partial charge in [-0.25, -0.2) is 4.79 Å². The van der Waals surface area contributed by atoms with Crippen molar-refractivity contribution in [2.75, 3.05) is 13.2 Å². The number of aliphatic hydroxyl groups excluding tert-OH is 1. The maximum atomic E-state index is 12.7. The van der Waals surface area contributed by atoms with Gasteiger partial charge in [0.1, 0.15) is 11.3 Å². The van der Waals surface area contributed by atoms with E-state index < -0.39 is 24.9 Å². The number of carbonyl (C=O) groups excluding carboxylic acids is 2. The minimum absolute atomic E-state index is 0.0777. The maximum absolute atomic E-state index is 12.7. The number of nitrogens with one attached hydrogen (secondary N) is 2. The summed E-state index contributed by atoms with van der Waals surface area (Å²) in [6, 6.07) is 10.9. The van der Waals surface area contributed by atoms with Crippen LogP contribution < -0.4 is 15.4 Å². The number of aliphatic hydroxyl groups is 1. The molecule has 0 unspecified atom stereocenters. The molecule has 0 aliphatic rings. The lowest BCUT2D eigenvalue weighted by molar-refractivity contribution is -0.120. The molecule has 0 aromatic heterocycles. The van der Waals surface area contributed by atoms with E-state index >= 15 is 0 Å². The first kappa shape index (κ1) is 25.0. The van der Waals surface area contributed by atoms with Gasteiger partial charge >= 0.3 is 13.1 Å². The molecule has 0 aliphatic heterocycles. The van der Waals surface area contributed by atoms with Gasteiger partial charge in [-0.1, -0.05) is 24.3 Å². The van der Waals surface area contributed by atoms with Crippen molar-refractivity contribution < 1.29 is 39.4 Å². The summed E-state index contributed by atoms with van der Waals surface area (Å²) in [5.41, 5.74) is 1.05. The third-order valence-corrected chi connectivity index (χ3v) is 4.64. The zero-order valence-electron chi connectivity index (χ0n) is 17.2. The third-order valence-electron chi connectivity index (χ3n) is 4.64. The van der Waals surface area contributed by atoms with Crippen LogP contribution in [0.2, 0.25) is 0 Å². The fourth-order valence-electron chi connectivity index (χ4n) is 3.08. The van der Waals surface area contributed by atoms with Crippen molar-refractivity contribution in [1.29, 1.82) is 0 Å². The second kappa shape index (κ2) is 12.6. The minimum atomic E-state index is -1.96. The molecule has 32 heavy (non-hydrogen) atoms. The number of carboxylic acids is 1. The van der Waals surface area contributed by atoms with Crippen LogP contribution in [0.4, 0.5) is 0 Å². The molecule has 0 bridgehead atoms. The highest BCUT2D eigenvalue weighted by Gasteiger charge is 2.28. The lowest BCUT2D eigenvalue weighted by Crippen LogP contribution is -2.48. The molecule has 10 nitrogen and oxygen atoms in total. The van der Waals surface area contributed by atoms with Crippen LogP contribution in [-0.2, 0) is 17.8 Å². The zero-order valence-corrected chi connectivity index (χ0v) is 17.2. The second-order valence-electron chi connectivity index (χ2n) is 6.97. The largest absolute Gasteiger partial charge is 0.478 e. The van der Waals surface area contributed by atoms with Crippen LogP contribution in [0.5, 0.6) is 5.75 Å². The van der Waals surface area contributed by atoms with Gasteiger partial charge < -0.3 is 35.6 Å². The maximum Gasteiger partial charge on any atom is 0.475 e. The molecule has 0 radical (unpaired) electrons. The van der Waals surface area contributed by atoms with Crippen LogP contribution in [0.1, 0.15) is 38.3 Å². The molecule has 11 heteroatoms. The molecule has 2 aromatic carbocycles. The lowest BCUT2D eigenvalue weighted by atomic mass is 9.75. The van der Waals surface area contributed by atoms with E-state index in [1.165, 1.54) is 18.2 Å². The van der Waals surface area contributed by atoms with Gasteiger partial charge in [-0.2, -0.15) is 0 Å². The molecule has 0 saturated carbocycles. The molecular formula is C21H25BN2O8. The van der Waals surface area contributed by atoms with Gasteiger partial charge in [0.15, 0.2) is 0 Å². The van der Waals surface area contributed by atoms with Gasteiger partial charge in [0.25, 0.3) is 12.4 Å². The Hall–Kier alpha value is -3.25. The van der Waals surface area contributed by atoms with E-state index in [1.807, 2.05) is 6.07 Å². The number of para-hydroxylation sites is 1. The Morgan fingerprint density at radius 2 is 1.91 bits per heavy atom. The summed E-state index contributed by atoms with van der Waals surface area (Å²) >= 11 is 0. The summed E-state index contributed by atoms with van der Waals surface area (Å²) in [6.45, 7) is 1.26. The van der Waals surface area contributed by atoms with Gasteiger partial charge in [-0.05, 0) is 48.7 Å². The van der Waals surface area contributed by atoms with Crippen molar-refractivity contribution in [3.63, 3.8) is 0 Å². The number of benzene rings is 2. The van der Waals surface area contributed by atoms with Crippen LogP contribution in [-0.4, -0.2) is 64.8 Å². The lowest BCUT2D eigenvalue weighted by Gasteiger charge is -2.20. The minimum Gasteiger partial charge on any atom is -0.478 e. The Labute approximate surface area is 185 Å². The average molecular weight is 444 g/mol. The highest BCUT2D eigenvalue weighted by Crippen LogP contribution is 2.25. The summed E-state index contributed by atoms with van der Waals surface area (Å²) in [6.07, 6.45) is 0.408. The van der Waals surface area contributed by atoms with Crippen molar-refractivity contribution in [3.05, 3.63) is 64.7 Å². The summed E-state index contributed by atoms with van der Waals surface area (Å²) in [4.78, 5) is 34.9. The van der Waals surface area contributed by atoms with Crippen LogP contribution in [0.25, 0.3) is 0 Å². The molecule has 0 fully saturated rings. The Morgan fingerprint density at radius 3 is 2.56 bits per heavy atom. The zero-order chi connectivity index (χ0) is 23.5. The Balaban J connectivity index is 2.16. The van der Waals surface area contributed by atoms with Crippen molar-refractivity contribution >= 4 is 25.5 Å². The van der Waals surface area contributed by atoms with Gasteiger partial charge in [0.2, 0.25) is 0 Å². The van der Waals surface area contributed by atoms with Crippen LogP contribution >= 0.6 is 0 Å². The van der Waals surface area contributed by atoms with Crippen molar-refractivity contribution in [1.82, 2.24) is 10.6 Å². The molecule has 0 heterocycles. The molecule has 0 saturated heterocycles. The number of hydrogen-bond acceptors (Lipinski definition) is 8. The SMILES string of the molecule is O=COc1c(C[C@H](NC(=O)c2cccc(CNCCCO)c2)B(O)O)cccc1C(=O)O. The smallest absolute Gasteiger partial charge is 0.475 e. The number of amides is 1. The summed E-state index contributed by atoms with van der Waals surface area (Å²) in [5.74, 6) is -3.32. The van der Waals surface area contributed by atoms with Crippen molar-refractivity contribution in [2.24, 2.45) is 0 Å². The number of carboxylic acid groups (broad SMARTS) is 1. The summed E-state index contributed by atoms with van der Waals surface area (Å²) in [5, 5.41) is 43.3. The number of rotatable bonds is 13. The Morgan fingerprint density at radius 1 is 1.16 bits per heavy atom. The molecular weight excluding hydrogens is 419 g/mol. The number of aromatic carboxylic acids is 1. The van der Waals surface area contributed by atoms with Crippen LogP contribution in [0.15, 0.2) is 42.5 Å². The highest BCUT2D eigenvalue weighted by molar-refractivity contribution is 6.43. The predicted octanol–water partition coefficient (Wildman–Crippen LogP) is -0.255. The monoisotopic (exact) mass is 444 g/mol. The first-order valence-electron chi connectivity index (χ1n) is 9.90. The predicted molar refractivity (Wildman–Crippen MR) is 115 cm³/mol. The van der Waals surface area contributed by atoms with E-state index in [1.54, 1.807) is 18.2 Å². The van der Waals surface area contributed by atoms with Gasteiger partial charge in [-0.15, -0.1) is 0 Å². The molecule has 0 spiro atoms. The van der Waals surface area contributed by atoms with Crippen LogP contribution in [0, 0.1) is 0 Å². The Bertz CT molecular complexity index is 938. The molecule has 6 N–H and O–H groups in total. The van der Waals surface area contributed by atoms with Crippen molar-refractivity contribution in [3.8, 4) is 5.75 Å². The summed E-state index contributed by atoms with van der Waals surface area (Å²) in [7, 11) is -1.96. The molecule has 2 rings (SSSR count). The fourth-order valence-corrected chi connectivity index (χ4v) is 3.08. The van der Waals surface area contributed by atoms with Gasteiger partial charge in [0, 0.05) is 18.7 Å². The number of ether oxygens (including phenoxy) is 1. The quantitative estimate of drug-likeness (QED) is 0.139. The molecule has 2 aromatic rings. The fraction of sp³-hybridized carbons (Fsp3) is 0.286. The summed E-state index contributed by atoms with van der Waals surface area (Å²) < 4.78 is 4.81. The number of carbonyl (C=O) groups is 3.